The highest BCUT2D eigenvalue weighted by atomic mass is 32.1. The third-order valence-electron chi connectivity index (χ3n) is 1.61. The molecule has 0 aliphatic carbocycles. The topological polar surface area (TPSA) is 33.1 Å². The first kappa shape index (κ1) is 11.5. The van der Waals surface area contributed by atoms with Crippen molar-refractivity contribution in [2.45, 2.75) is 32.5 Å². The number of thiazole rings is 1. The van der Waals surface area contributed by atoms with Crippen LogP contribution in [0.3, 0.4) is 0 Å². The molecule has 0 fully saturated rings. The molecule has 2 nitrogen and oxygen atoms in total. The number of aromatic nitrogens is 1. The van der Waals surface area contributed by atoms with Gasteiger partial charge in [-0.05, 0) is 13.8 Å². The zero-order chi connectivity index (χ0) is 10.9. The predicted molar refractivity (Wildman–Crippen MR) is 47.2 cm³/mol. The van der Waals surface area contributed by atoms with E-state index in [0.717, 1.165) is 11.3 Å². The predicted octanol–water partition coefficient (Wildman–Crippen LogP) is 2.61. The Labute approximate surface area is 83.4 Å². The normalized spacial score (nSPS) is 14.4. The van der Waals surface area contributed by atoms with E-state index in [-0.39, 0.29) is 5.01 Å². The van der Waals surface area contributed by atoms with Crippen LogP contribution < -0.4 is 0 Å². The monoisotopic (exact) mass is 225 g/mol. The van der Waals surface area contributed by atoms with Crippen LogP contribution >= 0.6 is 11.3 Å². The summed E-state index contributed by atoms with van der Waals surface area (Å²) in [6.45, 7) is 3.11. The third-order valence-corrected chi connectivity index (χ3v) is 2.94. The number of rotatable bonds is 2. The zero-order valence-electron chi connectivity index (χ0n) is 7.72. The highest BCUT2D eigenvalue weighted by molar-refractivity contribution is 7.11. The van der Waals surface area contributed by atoms with Gasteiger partial charge in [0.05, 0.1) is 23.1 Å². The van der Waals surface area contributed by atoms with Crippen molar-refractivity contribution < 1.29 is 18.3 Å². The van der Waals surface area contributed by atoms with E-state index in [2.05, 4.69) is 4.98 Å². The minimum Gasteiger partial charge on any atom is -0.388 e. The number of aliphatic hydroxyl groups excluding tert-OH is 1. The Bertz CT molecular complexity index is 319. The van der Waals surface area contributed by atoms with Gasteiger partial charge in [0.15, 0.2) is 0 Å². The fraction of sp³-hybridized carbons (Fsp3) is 0.625. The van der Waals surface area contributed by atoms with E-state index in [9.17, 15) is 18.3 Å². The van der Waals surface area contributed by atoms with Crippen LogP contribution in [-0.2, 0) is 6.42 Å². The molecule has 14 heavy (non-hydrogen) atoms. The van der Waals surface area contributed by atoms with Crippen LogP contribution in [0, 0.1) is 6.92 Å². The van der Waals surface area contributed by atoms with Gasteiger partial charge >= 0.3 is 6.18 Å². The van der Waals surface area contributed by atoms with Gasteiger partial charge in [0.2, 0.25) is 0 Å². The first-order valence-electron chi connectivity index (χ1n) is 4.00. The molecule has 0 radical (unpaired) electrons. The van der Waals surface area contributed by atoms with Crippen LogP contribution in [0.15, 0.2) is 0 Å². The molecule has 1 N–H and O–H groups in total. The van der Waals surface area contributed by atoms with Gasteiger partial charge in [-0.25, -0.2) is 4.98 Å². The molecule has 0 aromatic carbocycles. The van der Waals surface area contributed by atoms with E-state index in [0.29, 0.717) is 10.6 Å². The fourth-order valence-electron chi connectivity index (χ4n) is 1.10. The SMILES string of the molecule is Cc1nc(CC(F)(F)F)sc1C(C)O. The molecule has 0 spiro atoms. The lowest BCUT2D eigenvalue weighted by Crippen LogP contribution is -2.11. The second kappa shape index (κ2) is 3.86. The first-order valence-corrected chi connectivity index (χ1v) is 4.82. The van der Waals surface area contributed by atoms with Gasteiger partial charge in [-0.3, -0.25) is 0 Å². The summed E-state index contributed by atoms with van der Waals surface area (Å²) in [4.78, 5) is 4.26. The lowest BCUT2D eigenvalue weighted by molar-refractivity contribution is -0.127. The Morgan fingerprint density at radius 3 is 2.43 bits per heavy atom. The van der Waals surface area contributed by atoms with Crippen LogP contribution in [-0.4, -0.2) is 16.3 Å². The van der Waals surface area contributed by atoms with Gasteiger partial charge in [-0.1, -0.05) is 0 Å². The second-order valence-corrected chi connectivity index (χ2v) is 4.14. The van der Waals surface area contributed by atoms with Crippen molar-refractivity contribution in [3.63, 3.8) is 0 Å². The average molecular weight is 225 g/mol. The average Bonchev–Trinajstić information content (AvgIpc) is 2.26. The van der Waals surface area contributed by atoms with Crippen LogP contribution in [0.2, 0.25) is 0 Å². The maximum Gasteiger partial charge on any atom is 0.395 e. The van der Waals surface area contributed by atoms with E-state index in [1.54, 1.807) is 6.92 Å². The number of nitrogens with zero attached hydrogens (tertiary/aromatic N) is 1. The molecule has 80 valence electrons. The molecule has 6 heteroatoms. The summed E-state index contributed by atoms with van der Waals surface area (Å²) in [7, 11) is 0. The first-order chi connectivity index (χ1) is 6.29. The number of aryl methyl sites for hydroxylation is 1. The van der Waals surface area contributed by atoms with Crippen molar-refractivity contribution in [2.75, 3.05) is 0 Å². The molecule has 0 aliphatic rings. The van der Waals surface area contributed by atoms with E-state index < -0.39 is 18.7 Å². The smallest absolute Gasteiger partial charge is 0.388 e. The molecular weight excluding hydrogens is 215 g/mol. The summed E-state index contributed by atoms with van der Waals surface area (Å²) in [5.74, 6) is 0. The lowest BCUT2D eigenvalue weighted by atomic mass is 10.3. The van der Waals surface area contributed by atoms with E-state index in [1.165, 1.54) is 6.92 Å². The highest BCUT2D eigenvalue weighted by Gasteiger charge is 2.30. The summed E-state index contributed by atoms with van der Waals surface area (Å²) in [5.41, 5.74) is 0.476. The Morgan fingerprint density at radius 2 is 2.07 bits per heavy atom. The summed E-state index contributed by atoms with van der Waals surface area (Å²) >= 11 is 0.913. The molecule has 0 bridgehead atoms. The molecule has 0 aliphatic heterocycles. The van der Waals surface area contributed by atoms with Gasteiger partial charge in [0.25, 0.3) is 0 Å². The molecule has 1 aromatic rings. The van der Waals surface area contributed by atoms with Gasteiger partial charge in [-0.2, -0.15) is 13.2 Å². The Balaban J connectivity index is 2.86. The Kier molecular flexibility index (Phi) is 3.16. The van der Waals surface area contributed by atoms with Crippen molar-refractivity contribution in [3.8, 4) is 0 Å². The number of hydrogen-bond donors (Lipinski definition) is 1. The van der Waals surface area contributed by atoms with E-state index >= 15 is 0 Å². The minimum absolute atomic E-state index is 0.00546. The summed E-state index contributed by atoms with van der Waals surface area (Å²) in [5, 5.41) is 9.21. The fourth-order valence-corrected chi connectivity index (χ4v) is 2.14. The molecular formula is C8H10F3NOS. The molecule has 0 saturated carbocycles. The van der Waals surface area contributed by atoms with E-state index in [4.69, 9.17) is 0 Å². The maximum absolute atomic E-state index is 12.0. The molecule has 1 unspecified atom stereocenters. The van der Waals surface area contributed by atoms with Crippen molar-refractivity contribution in [1.29, 1.82) is 0 Å². The standard InChI is InChI=1S/C8H10F3NOS/c1-4-7(5(2)13)14-6(12-4)3-8(9,10)11/h5,13H,3H2,1-2H3. The third kappa shape index (κ3) is 2.95. The van der Waals surface area contributed by atoms with Gasteiger partial charge < -0.3 is 5.11 Å². The molecule has 0 amide bonds. The van der Waals surface area contributed by atoms with Gasteiger partial charge in [0.1, 0.15) is 5.01 Å². The summed E-state index contributed by atoms with van der Waals surface area (Å²) in [6.07, 6.45) is -6.01. The zero-order valence-corrected chi connectivity index (χ0v) is 8.54. The summed E-state index contributed by atoms with van der Waals surface area (Å²) < 4.78 is 36.0. The maximum atomic E-state index is 12.0. The van der Waals surface area contributed by atoms with Gasteiger partial charge in [-0.15, -0.1) is 11.3 Å². The minimum atomic E-state index is -4.24. The van der Waals surface area contributed by atoms with Crippen LogP contribution in [0.1, 0.15) is 28.6 Å². The molecule has 0 saturated heterocycles. The van der Waals surface area contributed by atoms with Crippen LogP contribution in [0.4, 0.5) is 13.2 Å². The molecule has 1 rings (SSSR count). The Hall–Kier alpha value is -0.620. The lowest BCUT2D eigenvalue weighted by Gasteiger charge is -2.01. The van der Waals surface area contributed by atoms with Crippen molar-refractivity contribution >= 4 is 11.3 Å². The molecule has 1 heterocycles. The second-order valence-electron chi connectivity index (χ2n) is 3.03. The summed E-state index contributed by atoms with van der Waals surface area (Å²) in [6, 6.07) is 0. The van der Waals surface area contributed by atoms with Crippen molar-refractivity contribution in [3.05, 3.63) is 15.6 Å². The number of hydrogen-bond acceptors (Lipinski definition) is 3. The van der Waals surface area contributed by atoms with Crippen molar-refractivity contribution in [2.24, 2.45) is 0 Å². The van der Waals surface area contributed by atoms with Crippen LogP contribution in [0.5, 0.6) is 0 Å². The number of aliphatic hydroxyl groups is 1. The largest absolute Gasteiger partial charge is 0.395 e. The highest BCUT2D eigenvalue weighted by Crippen LogP contribution is 2.29. The van der Waals surface area contributed by atoms with Crippen LogP contribution in [0.25, 0.3) is 0 Å². The Morgan fingerprint density at radius 1 is 1.50 bits per heavy atom. The number of alkyl halides is 3. The van der Waals surface area contributed by atoms with Crippen molar-refractivity contribution in [1.82, 2.24) is 4.98 Å². The number of halogens is 3. The van der Waals surface area contributed by atoms with Gasteiger partial charge in [0, 0.05) is 0 Å². The quantitative estimate of drug-likeness (QED) is 0.839. The molecule has 1 atom stereocenters. The van der Waals surface area contributed by atoms with E-state index in [1.807, 2.05) is 0 Å². The molecule has 1 aromatic heterocycles.